The van der Waals surface area contributed by atoms with E-state index in [4.69, 9.17) is 4.74 Å². The second kappa shape index (κ2) is 7.63. The summed E-state index contributed by atoms with van der Waals surface area (Å²) in [5.41, 5.74) is 0.922. The van der Waals surface area contributed by atoms with Crippen LogP contribution in [0.2, 0.25) is 0 Å². The van der Waals surface area contributed by atoms with E-state index >= 15 is 0 Å². The SMILES string of the molecule is CCNCc1cc(F)ccc1OC1CCCC(CC)C1. The molecule has 1 aromatic carbocycles. The predicted molar refractivity (Wildman–Crippen MR) is 80.4 cm³/mol. The van der Waals surface area contributed by atoms with E-state index in [1.54, 1.807) is 12.1 Å². The van der Waals surface area contributed by atoms with Crippen LogP contribution in [0.15, 0.2) is 18.2 Å². The summed E-state index contributed by atoms with van der Waals surface area (Å²) >= 11 is 0. The highest BCUT2D eigenvalue weighted by atomic mass is 19.1. The van der Waals surface area contributed by atoms with Crippen LogP contribution in [-0.2, 0) is 6.54 Å². The molecule has 2 nitrogen and oxygen atoms in total. The maximum absolute atomic E-state index is 13.4. The smallest absolute Gasteiger partial charge is 0.124 e. The highest BCUT2D eigenvalue weighted by Gasteiger charge is 2.22. The van der Waals surface area contributed by atoms with E-state index in [0.29, 0.717) is 12.6 Å². The topological polar surface area (TPSA) is 21.3 Å². The molecule has 0 radical (unpaired) electrons. The first kappa shape index (κ1) is 15.3. The molecule has 3 heteroatoms. The molecule has 2 rings (SSSR count). The fourth-order valence-corrected chi connectivity index (χ4v) is 2.96. The first-order chi connectivity index (χ1) is 9.72. The lowest BCUT2D eigenvalue weighted by Gasteiger charge is -2.29. The van der Waals surface area contributed by atoms with Gasteiger partial charge in [-0.05, 0) is 49.9 Å². The zero-order valence-electron chi connectivity index (χ0n) is 12.6. The molecule has 2 atom stereocenters. The van der Waals surface area contributed by atoms with Gasteiger partial charge >= 0.3 is 0 Å². The van der Waals surface area contributed by atoms with E-state index < -0.39 is 0 Å². The summed E-state index contributed by atoms with van der Waals surface area (Å²) in [6, 6.07) is 4.85. The molecule has 1 fully saturated rings. The number of nitrogens with one attached hydrogen (secondary N) is 1. The molecule has 1 aliphatic carbocycles. The van der Waals surface area contributed by atoms with Gasteiger partial charge in [0.15, 0.2) is 0 Å². The van der Waals surface area contributed by atoms with Crippen LogP contribution in [0.25, 0.3) is 0 Å². The van der Waals surface area contributed by atoms with E-state index in [1.807, 2.05) is 6.92 Å². The Kier molecular flexibility index (Phi) is 5.84. The van der Waals surface area contributed by atoms with E-state index in [2.05, 4.69) is 12.2 Å². The van der Waals surface area contributed by atoms with E-state index in [1.165, 1.54) is 25.3 Å². The first-order valence-electron chi connectivity index (χ1n) is 7.88. The molecule has 0 aliphatic heterocycles. The maximum atomic E-state index is 13.4. The number of hydrogen-bond acceptors (Lipinski definition) is 2. The minimum absolute atomic E-state index is 0.194. The van der Waals surface area contributed by atoms with E-state index in [-0.39, 0.29) is 5.82 Å². The monoisotopic (exact) mass is 279 g/mol. The summed E-state index contributed by atoms with van der Waals surface area (Å²) in [7, 11) is 0. The molecule has 1 N–H and O–H groups in total. The van der Waals surface area contributed by atoms with Gasteiger partial charge in [0.1, 0.15) is 11.6 Å². The van der Waals surface area contributed by atoms with Crippen molar-refractivity contribution >= 4 is 0 Å². The number of ether oxygens (including phenoxy) is 1. The lowest BCUT2D eigenvalue weighted by Crippen LogP contribution is -2.26. The minimum atomic E-state index is -0.194. The Morgan fingerprint density at radius 1 is 1.30 bits per heavy atom. The van der Waals surface area contributed by atoms with Crippen LogP contribution in [0.5, 0.6) is 5.75 Å². The molecule has 0 amide bonds. The molecular weight excluding hydrogens is 253 g/mol. The van der Waals surface area contributed by atoms with Crippen LogP contribution in [0.1, 0.15) is 51.5 Å². The Morgan fingerprint density at radius 2 is 2.15 bits per heavy atom. The van der Waals surface area contributed by atoms with Crippen molar-refractivity contribution in [2.45, 2.75) is 58.6 Å². The standard InChI is InChI=1S/C17H26FNO/c1-3-13-6-5-7-16(10-13)20-17-9-8-15(18)11-14(17)12-19-4-2/h8-9,11,13,16,19H,3-7,10,12H2,1-2H3. The van der Waals surface area contributed by atoms with Gasteiger partial charge in [0, 0.05) is 12.1 Å². The average Bonchev–Trinajstić information content (AvgIpc) is 2.47. The Hall–Kier alpha value is -1.09. The summed E-state index contributed by atoms with van der Waals surface area (Å²) in [5, 5.41) is 3.24. The van der Waals surface area contributed by atoms with Gasteiger partial charge in [-0.15, -0.1) is 0 Å². The predicted octanol–water partition coefficient (Wildman–Crippen LogP) is 4.28. The molecule has 2 unspecified atom stereocenters. The van der Waals surface area contributed by atoms with Crippen LogP contribution in [0.3, 0.4) is 0 Å². The highest BCUT2D eigenvalue weighted by molar-refractivity contribution is 5.34. The third-order valence-corrected chi connectivity index (χ3v) is 4.19. The fourth-order valence-electron chi connectivity index (χ4n) is 2.96. The highest BCUT2D eigenvalue weighted by Crippen LogP contribution is 2.31. The number of rotatable bonds is 6. The molecule has 0 saturated heterocycles. The van der Waals surface area contributed by atoms with Gasteiger partial charge in [-0.2, -0.15) is 0 Å². The molecule has 1 aromatic rings. The third kappa shape index (κ3) is 4.20. The van der Waals surface area contributed by atoms with Crippen molar-refractivity contribution in [2.75, 3.05) is 6.54 Å². The van der Waals surface area contributed by atoms with Crippen molar-refractivity contribution in [2.24, 2.45) is 5.92 Å². The van der Waals surface area contributed by atoms with Gasteiger partial charge in [-0.3, -0.25) is 0 Å². The largest absolute Gasteiger partial charge is 0.490 e. The normalized spacial score (nSPS) is 22.8. The Bertz CT molecular complexity index is 421. The van der Waals surface area contributed by atoms with Crippen molar-refractivity contribution in [1.82, 2.24) is 5.32 Å². The van der Waals surface area contributed by atoms with Gasteiger partial charge < -0.3 is 10.1 Å². The number of hydrogen-bond donors (Lipinski definition) is 1. The summed E-state index contributed by atoms with van der Waals surface area (Å²) in [4.78, 5) is 0. The second-order valence-electron chi connectivity index (χ2n) is 5.71. The zero-order chi connectivity index (χ0) is 14.4. The number of benzene rings is 1. The minimum Gasteiger partial charge on any atom is -0.490 e. The van der Waals surface area contributed by atoms with Gasteiger partial charge in [-0.1, -0.05) is 26.7 Å². The molecule has 112 valence electrons. The lowest BCUT2D eigenvalue weighted by atomic mass is 9.85. The molecule has 0 bridgehead atoms. The van der Waals surface area contributed by atoms with Gasteiger partial charge in [-0.25, -0.2) is 4.39 Å². The third-order valence-electron chi connectivity index (χ3n) is 4.19. The average molecular weight is 279 g/mol. The summed E-state index contributed by atoms with van der Waals surface area (Å²) in [6.45, 7) is 5.83. The van der Waals surface area contributed by atoms with Crippen molar-refractivity contribution in [3.8, 4) is 5.75 Å². The van der Waals surface area contributed by atoms with Gasteiger partial charge in [0.25, 0.3) is 0 Å². The van der Waals surface area contributed by atoms with E-state index in [0.717, 1.165) is 36.6 Å². The second-order valence-corrected chi connectivity index (χ2v) is 5.71. The molecule has 1 aliphatic rings. The van der Waals surface area contributed by atoms with E-state index in [9.17, 15) is 4.39 Å². The molecular formula is C17H26FNO. The summed E-state index contributed by atoms with van der Waals surface area (Å²) in [5.74, 6) is 1.43. The van der Waals surface area contributed by atoms with Crippen molar-refractivity contribution in [3.63, 3.8) is 0 Å². The fraction of sp³-hybridized carbons (Fsp3) is 0.647. The Balaban J connectivity index is 2.03. The van der Waals surface area contributed by atoms with Crippen molar-refractivity contribution in [3.05, 3.63) is 29.6 Å². The lowest BCUT2D eigenvalue weighted by molar-refractivity contribution is 0.120. The molecule has 1 saturated carbocycles. The molecule has 20 heavy (non-hydrogen) atoms. The zero-order valence-corrected chi connectivity index (χ0v) is 12.6. The molecule has 0 spiro atoms. The number of halogens is 1. The quantitative estimate of drug-likeness (QED) is 0.839. The Morgan fingerprint density at radius 3 is 2.90 bits per heavy atom. The van der Waals surface area contributed by atoms with Crippen molar-refractivity contribution < 1.29 is 9.13 Å². The van der Waals surface area contributed by atoms with Crippen molar-refractivity contribution in [1.29, 1.82) is 0 Å². The maximum Gasteiger partial charge on any atom is 0.124 e. The van der Waals surface area contributed by atoms with Gasteiger partial charge in [0.2, 0.25) is 0 Å². The van der Waals surface area contributed by atoms with Crippen LogP contribution in [-0.4, -0.2) is 12.6 Å². The molecule has 0 heterocycles. The van der Waals surface area contributed by atoms with Crippen LogP contribution in [0, 0.1) is 11.7 Å². The van der Waals surface area contributed by atoms with Crippen LogP contribution < -0.4 is 10.1 Å². The summed E-state index contributed by atoms with van der Waals surface area (Å²) < 4.78 is 19.6. The molecule has 0 aromatic heterocycles. The van der Waals surface area contributed by atoms with Crippen LogP contribution >= 0.6 is 0 Å². The first-order valence-corrected chi connectivity index (χ1v) is 7.88. The Labute approximate surface area is 121 Å². The summed E-state index contributed by atoms with van der Waals surface area (Å²) in [6.07, 6.45) is 6.34. The van der Waals surface area contributed by atoms with Crippen LogP contribution in [0.4, 0.5) is 4.39 Å². The van der Waals surface area contributed by atoms with Gasteiger partial charge in [0.05, 0.1) is 6.10 Å².